The van der Waals surface area contributed by atoms with Crippen LogP contribution in [0.5, 0.6) is 0 Å². The normalized spacial score (nSPS) is 15.5. The van der Waals surface area contributed by atoms with Crippen LogP contribution in [0.25, 0.3) is 11.2 Å². The van der Waals surface area contributed by atoms with Crippen molar-refractivity contribution in [3.63, 3.8) is 0 Å². The first kappa shape index (κ1) is 15.7. The fraction of sp³-hybridized carbons (Fsp3) is 0.333. The maximum atomic E-state index is 4.75. The van der Waals surface area contributed by atoms with Gasteiger partial charge in [-0.3, -0.25) is 0 Å². The van der Waals surface area contributed by atoms with E-state index in [1.165, 1.54) is 0 Å². The van der Waals surface area contributed by atoms with Crippen LogP contribution < -0.4 is 10.2 Å². The third kappa shape index (κ3) is 3.36. The van der Waals surface area contributed by atoms with Crippen LogP contribution in [0.3, 0.4) is 0 Å². The maximum Gasteiger partial charge on any atom is 0.229 e. The predicted octanol–water partition coefficient (Wildman–Crippen LogP) is 2.31. The van der Waals surface area contributed by atoms with E-state index in [0.717, 1.165) is 38.4 Å². The summed E-state index contributed by atoms with van der Waals surface area (Å²) < 4.78 is 0. The Labute approximate surface area is 146 Å². The van der Waals surface area contributed by atoms with Crippen LogP contribution in [0.4, 0.5) is 17.5 Å². The number of benzene rings is 1. The molecule has 25 heavy (non-hydrogen) atoms. The number of aromatic nitrogens is 4. The molecule has 0 aliphatic carbocycles. The molecule has 7 nitrogen and oxygen atoms in total. The lowest BCUT2D eigenvalue weighted by molar-refractivity contribution is 0.270. The molecule has 128 valence electrons. The summed E-state index contributed by atoms with van der Waals surface area (Å²) in [5.74, 6) is 1.40. The van der Waals surface area contributed by atoms with Crippen LogP contribution in [0, 0.1) is 0 Å². The maximum absolute atomic E-state index is 4.75. The molecule has 3 aromatic rings. The van der Waals surface area contributed by atoms with Gasteiger partial charge in [0.15, 0.2) is 17.0 Å². The van der Waals surface area contributed by atoms with Crippen molar-refractivity contribution in [3.8, 4) is 0 Å². The summed E-state index contributed by atoms with van der Waals surface area (Å²) in [6, 6.07) is 9.97. The van der Waals surface area contributed by atoms with Crippen LogP contribution in [-0.4, -0.2) is 57.6 Å². The van der Waals surface area contributed by atoms with Crippen molar-refractivity contribution in [3.05, 3.63) is 42.7 Å². The van der Waals surface area contributed by atoms with Crippen molar-refractivity contribution in [2.24, 2.45) is 0 Å². The van der Waals surface area contributed by atoms with Crippen molar-refractivity contribution in [1.82, 2.24) is 24.8 Å². The Bertz CT molecular complexity index is 844. The number of para-hydroxylation sites is 1. The lowest BCUT2D eigenvalue weighted by Gasteiger charge is -2.34. The van der Waals surface area contributed by atoms with Crippen LogP contribution in [0.15, 0.2) is 42.7 Å². The first-order chi connectivity index (χ1) is 12.3. The van der Waals surface area contributed by atoms with Crippen LogP contribution >= 0.6 is 0 Å². The lowest BCUT2D eigenvalue weighted by Crippen LogP contribution is -2.46. The molecule has 1 fully saturated rings. The standard InChI is InChI=1S/C18H21N7/c1-2-24-10-12-25(13-11-24)18-22-16-15(19-8-9-20-16)17(23-18)21-14-6-4-3-5-7-14/h3-9H,2,10-13H2,1H3,(H,20,21,22,23). The van der Waals surface area contributed by atoms with E-state index in [1.54, 1.807) is 12.4 Å². The van der Waals surface area contributed by atoms with E-state index >= 15 is 0 Å². The molecule has 0 amide bonds. The van der Waals surface area contributed by atoms with Crippen molar-refractivity contribution < 1.29 is 0 Å². The van der Waals surface area contributed by atoms with Gasteiger partial charge in [-0.1, -0.05) is 25.1 Å². The molecule has 1 aromatic carbocycles. The lowest BCUT2D eigenvalue weighted by atomic mass is 10.3. The Kier molecular flexibility index (Phi) is 4.39. The summed E-state index contributed by atoms with van der Waals surface area (Å²) in [6.07, 6.45) is 3.34. The molecule has 0 saturated carbocycles. The number of anilines is 3. The van der Waals surface area contributed by atoms with Crippen LogP contribution in [-0.2, 0) is 0 Å². The Morgan fingerprint density at radius 2 is 1.72 bits per heavy atom. The van der Waals surface area contributed by atoms with Gasteiger partial charge in [0.05, 0.1) is 0 Å². The van der Waals surface area contributed by atoms with Gasteiger partial charge >= 0.3 is 0 Å². The zero-order valence-electron chi connectivity index (χ0n) is 14.3. The molecule has 2 aromatic heterocycles. The first-order valence-corrected chi connectivity index (χ1v) is 8.61. The van der Waals surface area contributed by atoms with E-state index in [-0.39, 0.29) is 0 Å². The number of nitrogens with one attached hydrogen (secondary N) is 1. The molecule has 3 heterocycles. The molecule has 4 rings (SSSR count). The van der Waals surface area contributed by atoms with Gasteiger partial charge in [0, 0.05) is 44.3 Å². The second-order valence-electron chi connectivity index (χ2n) is 6.01. The smallest absolute Gasteiger partial charge is 0.229 e. The van der Waals surface area contributed by atoms with Crippen molar-refractivity contribution in [1.29, 1.82) is 0 Å². The summed E-state index contributed by atoms with van der Waals surface area (Å²) in [6.45, 7) is 7.17. The number of nitrogens with zero attached hydrogens (tertiary/aromatic N) is 6. The van der Waals surface area contributed by atoms with E-state index in [0.29, 0.717) is 22.9 Å². The number of hydrogen-bond donors (Lipinski definition) is 1. The Morgan fingerprint density at radius 1 is 0.960 bits per heavy atom. The van der Waals surface area contributed by atoms with Crippen LogP contribution in [0.1, 0.15) is 6.92 Å². The van der Waals surface area contributed by atoms with Gasteiger partial charge in [0.2, 0.25) is 5.95 Å². The second-order valence-corrected chi connectivity index (χ2v) is 6.01. The Balaban J connectivity index is 1.69. The highest BCUT2D eigenvalue weighted by atomic mass is 15.3. The summed E-state index contributed by atoms with van der Waals surface area (Å²) in [5, 5.41) is 3.36. The molecule has 1 saturated heterocycles. The summed E-state index contributed by atoms with van der Waals surface area (Å²) in [5.41, 5.74) is 2.26. The number of fused-ring (bicyclic) bond motifs is 1. The summed E-state index contributed by atoms with van der Waals surface area (Å²) in [7, 11) is 0. The summed E-state index contributed by atoms with van der Waals surface area (Å²) in [4.78, 5) is 22.8. The van der Waals surface area contributed by atoms with Gasteiger partial charge in [0.1, 0.15) is 0 Å². The molecule has 1 aliphatic heterocycles. The van der Waals surface area contributed by atoms with E-state index in [9.17, 15) is 0 Å². The highest BCUT2D eigenvalue weighted by molar-refractivity contribution is 5.85. The highest BCUT2D eigenvalue weighted by Crippen LogP contribution is 2.24. The number of piperazine rings is 1. The van der Waals surface area contributed by atoms with Gasteiger partial charge in [-0.25, -0.2) is 9.97 Å². The fourth-order valence-electron chi connectivity index (χ4n) is 3.00. The minimum Gasteiger partial charge on any atom is -0.338 e. The highest BCUT2D eigenvalue weighted by Gasteiger charge is 2.20. The third-order valence-corrected chi connectivity index (χ3v) is 4.46. The van der Waals surface area contributed by atoms with Gasteiger partial charge in [-0.2, -0.15) is 9.97 Å². The SMILES string of the molecule is CCN1CCN(c2nc(Nc3ccccc3)c3nccnc3n2)CC1. The molecule has 0 bridgehead atoms. The average Bonchev–Trinajstić information content (AvgIpc) is 2.69. The average molecular weight is 335 g/mol. The monoisotopic (exact) mass is 335 g/mol. The van der Waals surface area contributed by atoms with E-state index in [4.69, 9.17) is 4.98 Å². The molecular formula is C18H21N7. The van der Waals surface area contributed by atoms with Gasteiger partial charge in [-0.05, 0) is 18.7 Å². The zero-order valence-corrected chi connectivity index (χ0v) is 14.3. The topological polar surface area (TPSA) is 70.1 Å². The first-order valence-electron chi connectivity index (χ1n) is 8.61. The molecule has 0 atom stereocenters. The minimum absolute atomic E-state index is 0.615. The third-order valence-electron chi connectivity index (χ3n) is 4.46. The largest absolute Gasteiger partial charge is 0.338 e. The molecule has 0 spiro atoms. The van der Waals surface area contributed by atoms with E-state index < -0.39 is 0 Å². The van der Waals surface area contributed by atoms with Gasteiger partial charge < -0.3 is 15.1 Å². The molecule has 1 N–H and O–H groups in total. The predicted molar refractivity (Wildman–Crippen MR) is 99.2 cm³/mol. The fourth-order valence-corrected chi connectivity index (χ4v) is 3.00. The van der Waals surface area contributed by atoms with Crippen molar-refractivity contribution >= 4 is 28.6 Å². The molecule has 0 radical (unpaired) electrons. The van der Waals surface area contributed by atoms with Crippen molar-refractivity contribution in [2.45, 2.75) is 6.92 Å². The summed E-state index contributed by atoms with van der Waals surface area (Å²) >= 11 is 0. The number of hydrogen-bond acceptors (Lipinski definition) is 7. The van der Waals surface area contributed by atoms with E-state index in [2.05, 4.69) is 37.0 Å². The molecular weight excluding hydrogens is 314 g/mol. The van der Waals surface area contributed by atoms with Crippen LogP contribution in [0.2, 0.25) is 0 Å². The minimum atomic E-state index is 0.615. The molecule has 7 heteroatoms. The Morgan fingerprint density at radius 3 is 2.48 bits per heavy atom. The number of likely N-dealkylation sites (N-methyl/N-ethyl adjacent to an activating group) is 1. The van der Waals surface area contributed by atoms with Gasteiger partial charge in [0.25, 0.3) is 0 Å². The zero-order chi connectivity index (χ0) is 17.1. The molecule has 1 aliphatic rings. The van der Waals surface area contributed by atoms with Crippen molar-refractivity contribution in [2.75, 3.05) is 42.9 Å². The molecule has 0 unspecified atom stereocenters. The Hall–Kier alpha value is -2.80. The quantitative estimate of drug-likeness (QED) is 0.784. The van der Waals surface area contributed by atoms with Gasteiger partial charge in [-0.15, -0.1) is 0 Å². The van der Waals surface area contributed by atoms with E-state index in [1.807, 2.05) is 30.3 Å². The number of rotatable bonds is 4. The second kappa shape index (κ2) is 6.98.